The summed E-state index contributed by atoms with van der Waals surface area (Å²) >= 11 is 0. The molecule has 0 aliphatic carbocycles. The summed E-state index contributed by atoms with van der Waals surface area (Å²) in [4.78, 5) is 38.6. The van der Waals surface area contributed by atoms with Gasteiger partial charge in [0.05, 0.1) is 29.7 Å². The molecule has 27 heavy (non-hydrogen) atoms. The molecule has 1 atom stereocenters. The minimum absolute atomic E-state index is 0.0522. The van der Waals surface area contributed by atoms with E-state index in [9.17, 15) is 18.8 Å². The van der Waals surface area contributed by atoms with Crippen molar-refractivity contribution in [3.63, 3.8) is 0 Å². The zero-order valence-corrected chi connectivity index (χ0v) is 14.5. The van der Waals surface area contributed by atoms with Crippen molar-refractivity contribution in [3.05, 3.63) is 81.0 Å². The molecule has 0 radical (unpaired) electrons. The third kappa shape index (κ3) is 2.51. The molecule has 0 bridgehead atoms. The van der Waals surface area contributed by atoms with E-state index in [2.05, 4.69) is 4.74 Å². The molecule has 4 rings (SSSR count). The van der Waals surface area contributed by atoms with Gasteiger partial charge in [-0.05, 0) is 35.9 Å². The van der Waals surface area contributed by atoms with Crippen molar-refractivity contribution >= 4 is 22.8 Å². The number of fused-ring (bicyclic) bond motifs is 2. The first-order chi connectivity index (χ1) is 12.9. The number of nitrogens with zero attached hydrogens (tertiary/aromatic N) is 1. The molecule has 3 aromatic rings. The average Bonchev–Trinajstić information content (AvgIpc) is 2.93. The van der Waals surface area contributed by atoms with E-state index < -0.39 is 29.2 Å². The standard InChI is InChI=1S/C20H14FNO5/c1-22-16(10-3-5-11(6-4-10)20(25)26-2)15-17(23)13-9-12(21)7-8-14(13)27-18(15)19(22)24/h3-9,16H,1-2H3/t16-/m0/s1. The van der Waals surface area contributed by atoms with Crippen LogP contribution >= 0.6 is 0 Å². The topological polar surface area (TPSA) is 76.8 Å². The van der Waals surface area contributed by atoms with Crippen LogP contribution in [0.4, 0.5) is 4.39 Å². The summed E-state index contributed by atoms with van der Waals surface area (Å²) < 4.78 is 23.9. The quantitative estimate of drug-likeness (QED) is 0.651. The van der Waals surface area contributed by atoms with Crippen molar-refractivity contribution in [3.8, 4) is 0 Å². The van der Waals surface area contributed by atoms with Gasteiger partial charge in [-0.25, -0.2) is 9.18 Å². The van der Waals surface area contributed by atoms with Crippen LogP contribution < -0.4 is 5.43 Å². The van der Waals surface area contributed by atoms with Crippen molar-refractivity contribution in [1.82, 2.24) is 4.90 Å². The fourth-order valence-corrected chi connectivity index (χ4v) is 3.37. The van der Waals surface area contributed by atoms with Crippen LogP contribution in [0.3, 0.4) is 0 Å². The number of carbonyl (C=O) groups is 2. The van der Waals surface area contributed by atoms with Crippen LogP contribution in [0.25, 0.3) is 11.0 Å². The van der Waals surface area contributed by atoms with Gasteiger partial charge < -0.3 is 14.1 Å². The minimum Gasteiger partial charge on any atom is -0.465 e. The number of ether oxygens (including phenoxy) is 1. The van der Waals surface area contributed by atoms with Crippen molar-refractivity contribution in [2.75, 3.05) is 14.2 Å². The van der Waals surface area contributed by atoms with E-state index in [4.69, 9.17) is 4.42 Å². The molecule has 2 heterocycles. The largest absolute Gasteiger partial charge is 0.465 e. The van der Waals surface area contributed by atoms with Crippen molar-refractivity contribution in [1.29, 1.82) is 0 Å². The summed E-state index contributed by atoms with van der Waals surface area (Å²) in [6.45, 7) is 0. The molecule has 2 aromatic carbocycles. The molecule has 136 valence electrons. The predicted molar refractivity (Wildman–Crippen MR) is 94.2 cm³/mol. The summed E-state index contributed by atoms with van der Waals surface area (Å²) in [5.74, 6) is -1.54. The Morgan fingerprint density at radius 1 is 1.15 bits per heavy atom. The molecule has 0 saturated heterocycles. The Kier molecular flexibility index (Phi) is 3.80. The van der Waals surface area contributed by atoms with Crippen LogP contribution in [-0.4, -0.2) is 30.9 Å². The first-order valence-corrected chi connectivity index (χ1v) is 8.14. The number of halogens is 1. The number of amides is 1. The van der Waals surface area contributed by atoms with Gasteiger partial charge >= 0.3 is 5.97 Å². The molecule has 1 aliphatic heterocycles. The van der Waals surface area contributed by atoms with Gasteiger partial charge in [0.25, 0.3) is 5.91 Å². The van der Waals surface area contributed by atoms with Gasteiger partial charge in [0.1, 0.15) is 11.4 Å². The first kappa shape index (κ1) is 17.0. The van der Waals surface area contributed by atoms with Gasteiger partial charge in [-0.3, -0.25) is 9.59 Å². The molecular weight excluding hydrogens is 353 g/mol. The average molecular weight is 367 g/mol. The Morgan fingerprint density at radius 2 is 1.85 bits per heavy atom. The van der Waals surface area contributed by atoms with Crippen LogP contribution in [0, 0.1) is 5.82 Å². The lowest BCUT2D eigenvalue weighted by Gasteiger charge is -2.20. The number of benzene rings is 2. The molecule has 7 heteroatoms. The van der Waals surface area contributed by atoms with E-state index in [1.165, 1.54) is 24.1 Å². The summed E-state index contributed by atoms with van der Waals surface area (Å²) in [6.07, 6.45) is 0. The summed E-state index contributed by atoms with van der Waals surface area (Å²) in [7, 11) is 2.84. The second kappa shape index (κ2) is 6.05. The molecule has 1 aromatic heterocycles. The normalized spacial score (nSPS) is 15.9. The van der Waals surface area contributed by atoms with Crippen molar-refractivity contribution < 1.29 is 23.1 Å². The smallest absolute Gasteiger partial charge is 0.337 e. The number of rotatable bonds is 2. The lowest BCUT2D eigenvalue weighted by atomic mass is 9.98. The van der Waals surface area contributed by atoms with Gasteiger partial charge in [-0.15, -0.1) is 0 Å². The van der Waals surface area contributed by atoms with E-state index >= 15 is 0 Å². The third-order valence-electron chi connectivity index (χ3n) is 4.71. The monoisotopic (exact) mass is 367 g/mol. The number of methoxy groups -OCH3 is 1. The molecular formula is C20H14FNO5. The Labute approximate surface area is 152 Å². The Balaban J connectivity index is 1.91. The molecule has 0 saturated carbocycles. The predicted octanol–water partition coefficient (Wildman–Crippen LogP) is 2.89. The van der Waals surface area contributed by atoms with E-state index in [0.717, 1.165) is 6.07 Å². The molecule has 0 spiro atoms. The highest BCUT2D eigenvalue weighted by Crippen LogP contribution is 2.37. The highest BCUT2D eigenvalue weighted by Gasteiger charge is 2.40. The van der Waals surface area contributed by atoms with Gasteiger partial charge in [0, 0.05) is 7.05 Å². The Morgan fingerprint density at radius 3 is 2.52 bits per heavy atom. The summed E-state index contributed by atoms with van der Waals surface area (Å²) in [5.41, 5.74) is 0.835. The lowest BCUT2D eigenvalue weighted by molar-refractivity contribution is 0.0600. The zero-order valence-electron chi connectivity index (χ0n) is 14.5. The Bertz CT molecular complexity index is 1150. The minimum atomic E-state index is -0.692. The number of esters is 1. The van der Waals surface area contributed by atoms with Crippen LogP contribution in [-0.2, 0) is 4.74 Å². The molecule has 0 unspecified atom stereocenters. The van der Waals surface area contributed by atoms with Crippen LogP contribution in [0.1, 0.15) is 38.1 Å². The second-order valence-corrected chi connectivity index (χ2v) is 6.25. The maximum Gasteiger partial charge on any atom is 0.337 e. The number of hydrogen-bond donors (Lipinski definition) is 0. The molecule has 0 N–H and O–H groups in total. The second-order valence-electron chi connectivity index (χ2n) is 6.25. The van der Waals surface area contributed by atoms with Crippen LogP contribution in [0.5, 0.6) is 0 Å². The fourth-order valence-electron chi connectivity index (χ4n) is 3.37. The van der Waals surface area contributed by atoms with E-state index in [0.29, 0.717) is 11.1 Å². The molecule has 0 fully saturated rings. The van der Waals surface area contributed by atoms with Gasteiger partial charge in [0.2, 0.25) is 5.76 Å². The number of hydrogen-bond acceptors (Lipinski definition) is 5. The van der Waals surface area contributed by atoms with E-state index in [-0.39, 0.29) is 22.3 Å². The zero-order chi connectivity index (χ0) is 19.3. The van der Waals surface area contributed by atoms with Crippen LogP contribution in [0.15, 0.2) is 51.7 Å². The SMILES string of the molecule is COC(=O)c1ccc([C@H]2c3c(oc4ccc(F)cc4c3=O)C(=O)N2C)cc1. The summed E-state index contributed by atoms with van der Waals surface area (Å²) in [5, 5.41) is 0.0769. The van der Waals surface area contributed by atoms with Crippen LogP contribution in [0.2, 0.25) is 0 Å². The van der Waals surface area contributed by atoms with E-state index in [1.54, 1.807) is 31.3 Å². The van der Waals surface area contributed by atoms with E-state index in [1.807, 2.05) is 0 Å². The Hall–Kier alpha value is -3.48. The summed E-state index contributed by atoms with van der Waals surface area (Å²) in [6, 6.07) is 9.31. The lowest BCUT2D eigenvalue weighted by Crippen LogP contribution is -2.25. The number of carbonyl (C=O) groups excluding carboxylic acids is 2. The fraction of sp³-hybridized carbons (Fsp3) is 0.150. The third-order valence-corrected chi connectivity index (χ3v) is 4.71. The molecule has 1 aliphatic rings. The van der Waals surface area contributed by atoms with Gasteiger partial charge in [0.15, 0.2) is 5.43 Å². The highest BCUT2D eigenvalue weighted by atomic mass is 19.1. The highest BCUT2D eigenvalue weighted by molar-refractivity contribution is 5.99. The van der Waals surface area contributed by atoms with Crippen molar-refractivity contribution in [2.45, 2.75) is 6.04 Å². The van der Waals surface area contributed by atoms with Gasteiger partial charge in [-0.1, -0.05) is 12.1 Å². The molecule has 6 nitrogen and oxygen atoms in total. The maximum absolute atomic E-state index is 13.6. The maximum atomic E-state index is 13.6. The van der Waals surface area contributed by atoms with Crippen molar-refractivity contribution in [2.24, 2.45) is 0 Å². The van der Waals surface area contributed by atoms with Gasteiger partial charge in [-0.2, -0.15) is 0 Å². The molecule has 1 amide bonds. The first-order valence-electron chi connectivity index (χ1n) is 8.14.